The van der Waals surface area contributed by atoms with Crippen LogP contribution in [-0.2, 0) is 0 Å². The normalized spacial score (nSPS) is 40.1. The van der Waals surface area contributed by atoms with Crippen LogP contribution in [0.15, 0.2) is 0 Å². The number of likely N-dealkylation sites (tertiary alicyclic amines) is 1. The van der Waals surface area contributed by atoms with Gasteiger partial charge in [-0.15, -0.1) is 0 Å². The lowest BCUT2D eigenvalue weighted by atomic mass is 9.74. The quantitative estimate of drug-likeness (QED) is 0.787. The average molecular weight is 241 g/mol. The Balaban J connectivity index is 1.85. The molecule has 0 aromatic rings. The fraction of sp³-hybridized carbons (Fsp3) is 1.00. The fourth-order valence-corrected chi connectivity index (χ4v) is 3.40. The molecule has 1 aliphatic heterocycles. The van der Waals surface area contributed by atoms with Crippen LogP contribution in [0.1, 0.15) is 39.5 Å². The summed E-state index contributed by atoms with van der Waals surface area (Å²) >= 11 is 0. The minimum atomic E-state index is -0.142. The molecule has 4 unspecified atom stereocenters. The highest BCUT2D eigenvalue weighted by atomic mass is 16.3. The van der Waals surface area contributed by atoms with Gasteiger partial charge in [0.05, 0.1) is 12.2 Å². The summed E-state index contributed by atoms with van der Waals surface area (Å²) in [6.45, 7) is 7.35. The van der Waals surface area contributed by atoms with Gasteiger partial charge in [-0.2, -0.15) is 0 Å². The SMILES string of the molecule is CC(C)C1CCC(O)C(CN2CCC(O)C2)C1. The van der Waals surface area contributed by atoms with Crippen molar-refractivity contribution < 1.29 is 10.2 Å². The third kappa shape index (κ3) is 3.43. The molecule has 1 saturated carbocycles. The molecule has 0 amide bonds. The maximum atomic E-state index is 10.1. The van der Waals surface area contributed by atoms with Gasteiger partial charge in [-0.05, 0) is 43.4 Å². The van der Waals surface area contributed by atoms with Crippen molar-refractivity contribution in [1.29, 1.82) is 0 Å². The zero-order valence-electron chi connectivity index (χ0n) is 11.2. The monoisotopic (exact) mass is 241 g/mol. The topological polar surface area (TPSA) is 43.7 Å². The van der Waals surface area contributed by atoms with Gasteiger partial charge in [-0.3, -0.25) is 0 Å². The van der Waals surface area contributed by atoms with Crippen LogP contribution >= 0.6 is 0 Å². The first kappa shape index (κ1) is 13.3. The number of aliphatic hydroxyl groups is 2. The third-order valence-electron chi connectivity index (χ3n) is 4.67. The minimum Gasteiger partial charge on any atom is -0.393 e. The van der Waals surface area contributed by atoms with E-state index in [1.165, 1.54) is 6.42 Å². The Bertz CT molecular complexity index is 244. The summed E-state index contributed by atoms with van der Waals surface area (Å²) in [6.07, 6.45) is 3.93. The van der Waals surface area contributed by atoms with E-state index in [1.807, 2.05) is 0 Å². The molecule has 4 atom stereocenters. The minimum absolute atomic E-state index is 0.122. The van der Waals surface area contributed by atoms with Gasteiger partial charge >= 0.3 is 0 Å². The molecule has 3 heteroatoms. The van der Waals surface area contributed by atoms with Gasteiger partial charge in [-0.1, -0.05) is 13.8 Å². The summed E-state index contributed by atoms with van der Waals surface area (Å²) in [4.78, 5) is 2.32. The first-order valence-electron chi connectivity index (χ1n) is 7.14. The van der Waals surface area contributed by atoms with Gasteiger partial charge in [-0.25, -0.2) is 0 Å². The van der Waals surface area contributed by atoms with Gasteiger partial charge in [0.1, 0.15) is 0 Å². The Hall–Kier alpha value is -0.120. The van der Waals surface area contributed by atoms with Crippen molar-refractivity contribution in [3.05, 3.63) is 0 Å². The zero-order valence-corrected chi connectivity index (χ0v) is 11.2. The maximum absolute atomic E-state index is 10.1. The number of aliphatic hydroxyl groups excluding tert-OH is 2. The van der Waals surface area contributed by atoms with Crippen LogP contribution in [0.5, 0.6) is 0 Å². The molecule has 0 radical (unpaired) electrons. The first-order valence-corrected chi connectivity index (χ1v) is 7.14. The molecule has 100 valence electrons. The van der Waals surface area contributed by atoms with Crippen LogP contribution in [0.3, 0.4) is 0 Å². The Labute approximate surface area is 105 Å². The lowest BCUT2D eigenvalue weighted by Crippen LogP contribution is -2.39. The molecule has 2 N–H and O–H groups in total. The van der Waals surface area contributed by atoms with Crippen molar-refractivity contribution in [2.24, 2.45) is 17.8 Å². The highest BCUT2D eigenvalue weighted by molar-refractivity contribution is 4.85. The summed E-state index contributed by atoms with van der Waals surface area (Å²) in [5, 5.41) is 19.6. The third-order valence-corrected chi connectivity index (χ3v) is 4.67. The van der Waals surface area contributed by atoms with Crippen LogP contribution in [0.25, 0.3) is 0 Å². The van der Waals surface area contributed by atoms with Gasteiger partial charge in [0.25, 0.3) is 0 Å². The number of rotatable bonds is 3. The molecule has 2 fully saturated rings. The molecule has 0 aromatic carbocycles. The molecule has 0 bridgehead atoms. The highest BCUT2D eigenvalue weighted by Gasteiger charge is 2.33. The maximum Gasteiger partial charge on any atom is 0.0679 e. The smallest absolute Gasteiger partial charge is 0.0679 e. The second kappa shape index (κ2) is 5.68. The van der Waals surface area contributed by atoms with E-state index < -0.39 is 0 Å². The van der Waals surface area contributed by atoms with Gasteiger partial charge in [0.15, 0.2) is 0 Å². The van der Waals surface area contributed by atoms with Crippen LogP contribution in [0.4, 0.5) is 0 Å². The Morgan fingerprint density at radius 3 is 2.53 bits per heavy atom. The van der Waals surface area contributed by atoms with Crippen molar-refractivity contribution in [3.8, 4) is 0 Å². The van der Waals surface area contributed by atoms with Crippen LogP contribution in [0, 0.1) is 17.8 Å². The number of β-amino-alcohol motifs (C(OH)–C–C–N with tert-alkyl or cyclic N) is 1. The van der Waals surface area contributed by atoms with Crippen LogP contribution in [0.2, 0.25) is 0 Å². The van der Waals surface area contributed by atoms with Crippen molar-refractivity contribution in [2.45, 2.75) is 51.7 Å². The summed E-state index contributed by atoms with van der Waals surface area (Å²) in [6, 6.07) is 0. The van der Waals surface area contributed by atoms with E-state index in [2.05, 4.69) is 18.7 Å². The second-order valence-electron chi connectivity index (χ2n) is 6.35. The van der Waals surface area contributed by atoms with E-state index in [-0.39, 0.29) is 12.2 Å². The molecule has 1 aliphatic carbocycles. The van der Waals surface area contributed by atoms with Crippen LogP contribution < -0.4 is 0 Å². The summed E-state index contributed by atoms with van der Waals surface area (Å²) in [7, 11) is 0. The molecule has 3 nitrogen and oxygen atoms in total. The van der Waals surface area contributed by atoms with Gasteiger partial charge in [0.2, 0.25) is 0 Å². The molecule has 2 rings (SSSR count). The average Bonchev–Trinajstić information content (AvgIpc) is 2.67. The predicted molar refractivity (Wildman–Crippen MR) is 68.7 cm³/mol. The molecular weight excluding hydrogens is 214 g/mol. The summed E-state index contributed by atoms with van der Waals surface area (Å²) < 4.78 is 0. The summed E-state index contributed by atoms with van der Waals surface area (Å²) in [5.41, 5.74) is 0. The van der Waals surface area contributed by atoms with Gasteiger partial charge < -0.3 is 15.1 Å². The lowest BCUT2D eigenvalue weighted by Gasteiger charge is -2.37. The van der Waals surface area contributed by atoms with Crippen molar-refractivity contribution in [3.63, 3.8) is 0 Å². The van der Waals surface area contributed by atoms with E-state index in [4.69, 9.17) is 0 Å². The molecule has 0 aromatic heterocycles. The van der Waals surface area contributed by atoms with E-state index in [0.717, 1.165) is 50.7 Å². The van der Waals surface area contributed by atoms with Crippen molar-refractivity contribution in [2.75, 3.05) is 19.6 Å². The predicted octanol–water partition coefficient (Wildman–Crippen LogP) is 1.49. The molecule has 1 heterocycles. The van der Waals surface area contributed by atoms with E-state index in [0.29, 0.717) is 5.92 Å². The Kier molecular flexibility index (Phi) is 4.45. The van der Waals surface area contributed by atoms with E-state index >= 15 is 0 Å². The number of hydrogen-bond acceptors (Lipinski definition) is 3. The Morgan fingerprint density at radius 2 is 1.94 bits per heavy atom. The zero-order chi connectivity index (χ0) is 12.4. The molecular formula is C14H27NO2. The van der Waals surface area contributed by atoms with Crippen molar-refractivity contribution in [1.82, 2.24) is 4.90 Å². The van der Waals surface area contributed by atoms with Crippen LogP contribution in [-0.4, -0.2) is 47.0 Å². The van der Waals surface area contributed by atoms with Crippen molar-refractivity contribution >= 4 is 0 Å². The molecule has 2 aliphatic rings. The van der Waals surface area contributed by atoms with E-state index in [9.17, 15) is 10.2 Å². The second-order valence-corrected chi connectivity index (χ2v) is 6.35. The standard InChI is InChI=1S/C14H27NO2/c1-10(2)11-3-4-14(17)12(7-11)8-15-6-5-13(16)9-15/h10-14,16-17H,3-9H2,1-2H3. The number of hydrogen-bond donors (Lipinski definition) is 2. The highest BCUT2D eigenvalue weighted by Crippen LogP contribution is 2.34. The number of nitrogens with zero attached hydrogens (tertiary/aromatic N) is 1. The molecule has 1 saturated heterocycles. The molecule has 0 spiro atoms. The van der Waals surface area contributed by atoms with E-state index in [1.54, 1.807) is 0 Å². The lowest BCUT2D eigenvalue weighted by molar-refractivity contribution is 0.0203. The molecule has 17 heavy (non-hydrogen) atoms. The first-order chi connectivity index (χ1) is 8.06. The summed E-state index contributed by atoms with van der Waals surface area (Å²) in [5.74, 6) is 1.92. The fourth-order valence-electron chi connectivity index (χ4n) is 3.40. The Morgan fingerprint density at radius 1 is 1.18 bits per heavy atom. The largest absolute Gasteiger partial charge is 0.393 e. The van der Waals surface area contributed by atoms with Gasteiger partial charge in [0, 0.05) is 19.6 Å².